The van der Waals surface area contributed by atoms with Gasteiger partial charge >= 0.3 is 0 Å². The second kappa shape index (κ2) is 5.18. The van der Waals surface area contributed by atoms with Gasteiger partial charge in [-0.15, -0.1) is 11.8 Å². The van der Waals surface area contributed by atoms with Crippen molar-refractivity contribution in [1.29, 1.82) is 0 Å². The molecule has 18 heavy (non-hydrogen) atoms. The summed E-state index contributed by atoms with van der Waals surface area (Å²) in [4.78, 5) is 12.1. The van der Waals surface area contributed by atoms with E-state index < -0.39 is 0 Å². The summed E-state index contributed by atoms with van der Waals surface area (Å²) in [5.41, 5.74) is 1.52. The van der Waals surface area contributed by atoms with Gasteiger partial charge in [-0.05, 0) is 31.1 Å². The van der Waals surface area contributed by atoms with E-state index in [4.69, 9.17) is 4.52 Å². The first-order chi connectivity index (χ1) is 8.84. The number of amides is 1. The normalized spacial score (nSPS) is 21.9. The largest absolute Gasteiger partial charge is 0.360 e. The summed E-state index contributed by atoms with van der Waals surface area (Å²) < 4.78 is 5.25. The molecular formula is C13H16N2O2S. The number of rotatable bonds is 3. The van der Waals surface area contributed by atoms with Gasteiger partial charge in [-0.3, -0.25) is 4.79 Å². The molecule has 0 spiro atoms. The molecule has 4 nitrogen and oxygen atoms in total. The second-order valence-electron chi connectivity index (χ2n) is 4.72. The minimum absolute atomic E-state index is 0.0885. The van der Waals surface area contributed by atoms with E-state index in [0.717, 1.165) is 43.4 Å². The van der Waals surface area contributed by atoms with E-state index in [9.17, 15) is 4.79 Å². The number of fused-ring (bicyclic) bond motifs is 1. The Morgan fingerprint density at radius 1 is 1.50 bits per heavy atom. The Balaban J connectivity index is 1.63. The highest BCUT2D eigenvalue weighted by atomic mass is 32.2. The highest BCUT2D eigenvalue weighted by Gasteiger charge is 2.24. The summed E-state index contributed by atoms with van der Waals surface area (Å²) >= 11 is 1.77. The number of aryl methyl sites for hydroxylation is 1. The number of hydrogen-bond acceptors (Lipinski definition) is 4. The molecule has 96 valence electrons. The van der Waals surface area contributed by atoms with Gasteiger partial charge in [0.25, 0.3) is 5.91 Å². The van der Waals surface area contributed by atoms with Gasteiger partial charge in [0.05, 0.1) is 0 Å². The monoisotopic (exact) mass is 264 g/mol. The predicted molar refractivity (Wildman–Crippen MR) is 70.6 cm³/mol. The van der Waals surface area contributed by atoms with E-state index in [1.807, 2.05) is 0 Å². The van der Waals surface area contributed by atoms with Gasteiger partial charge in [0.2, 0.25) is 0 Å². The van der Waals surface area contributed by atoms with Crippen LogP contribution in [-0.2, 0) is 12.8 Å². The standard InChI is InChI=1S/C13H16N2O2S/c16-13(14-8-9-4-3-7-18-9)12-10-5-1-2-6-11(10)17-15-12/h3,7,9H,1-2,4-6,8H2,(H,14,16). The summed E-state index contributed by atoms with van der Waals surface area (Å²) in [5, 5.41) is 9.45. The topological polar surface area (TPSA) is 55.1 Å². The van der Waals surface area contributed by atoms with Crippen LogP contribution in [0.15, 0.2) is 16.0 Å². The molecule has 0 fully saturated rings. The zero-order chi connectivity index (χ0) is 12.4. The van der Waals surface area contributed by atoms with Crippen molar-refractivity contribution in [2.24, 2.45) is 0 Å². The van der Waals surface area contributed by atoms with Crippen LogP contribution in [0.3, 0.4) is 0 Å². The number of carbonyl (C=O) groups is 1. The Labute approximate surface area is 110 Å². The van der Waals surface area contributed by atoms with E-state index in [1.165, 1.54) is 0 Å². The molecule has 1 aliphatic heterocycles. The third-order valence-electron chi connectivity index (χ3n) is 3.42. The number of thioether (sulfide) groups is 1. The van der Waals surface area contributed by atoms with Gasteiger partial charge in [-0.2, -0.15) is 0 Å². The minimum atomic E-state index is -0.0885. The third kappa shape index (κ3) is 2.32. The Morgan fingerprint density at radius 3 is 3.22 bits per heavy atom. The van der Waals surface area contributed by atoms with Crippen LogP contribution in [0.4, 0.5) is 0 Å². The summed E-state index contributed by atoms with van der Waals surface area (Å²) in [5.74, 6) is 0.817. The average Bonchev–Trinajstić information content (AvgIpc) is 3.05. The highest BCUT2D eigenvalue weighted by Crippen LogP contribution is 2.25. The maximum Gasteiger partial charge on any atom is 0.273 e. The van der Waals surface area contributed by atoms with Gasteiger partial charge in [0.1, 0.15) is 5.76 Å². The molecule has 0 saturated carbocycles. The van der Waals surface area contributed by atoms with Crippen molar-refractivity contribution in [3.8, 4) is 0 Å². The quantitative estimate of drug-likeness (QED) is 0.910. The molecular weight excluding hydrogens is 248 g/mol. The molecule has 1 atom stereocenters. The fourth-order valence-electron chi connectivity index (χ4n) is 2.41. The summed E-state index contributed by atoms with van der Waals surface area (Å²) in [6, 6.07) is 0. The fourth-order valence-corrected chi connectivity index (χ4v) is 3.26. The zero-order valence-corrected chi connectivity index (χ0v) is 11.0. The van der Waals surface area contributed by atoms with E-state index in [0.29, 0.717) is 17.5 Å². The van der Waals surface area contributed by atoms with Crippen molar-refractivity contribution in [3.05, 3.63) is 28.5 Å². The number of carbonyl (C=O) groups excluding carboxylic acids is 1. The van der Waals surface area contributed by atoms with Crippen LogP contribution in [-0.4, -0.2) is 22.9 Å². The van der Waals surface area contributed by atoms with Crippen LogP contribution in [0.1, 0.15) is 41.1 Å². The van der Waals surface area contributed by atoms with Gasteiger partial charge in [0.15, 0.2) is 5.69 Å². The second-order valence-corrected chi connectivity index (χ2v) is 5.93. The van der Waals surface area contributed by atoms with Gasteiger partial charge < -0.3 is 9.84 Å². The molecule has 2 heterocycles. The van der Waals surface area contributed by atoms with Crippen molar-refractivity contribution in [2.75, 3.05) is 6.54 Å². The SMILES string of the molecule is O=C(NCC1CC=CS1)c1noc2c1CCCC2. The molecule has 5 heteroatoms. The minimum Gasteiger partial charge on any atom is -0.360 e. The lowest BCUT2D eigenvalue weighted by molar-refractivity contribution is 0.0944. The van der Waals surface area contributed by atoms with Crippen LogP contribution in [0, 0.1) is 0 Å². The number of nitrogens with zero attached hydrogens (tertiary/aromatic N) is 1. The Bertz CT molecular complexity index is 473. The van der Waals surface area contributed by atoms with E-state index in [1.54, 1.807) is 11.8 Å². The first-order valence-electron chi connectivity index (χ1n) is 6.40. The molecule has 3 rings (SSSR count). The van der Waals surface area contributed by atoms with Crippen molar-refractivity contribution in [2.45, 2.75) is 37.4 Å². The smallest absolute Gasteiger partial charge is 0.273 e. The lowest BCUT2D eigenvalue weighted by atomic mass is 9.96. The number of hydrogen-bond donors (Lipinski definition) is 1. The molecule has 0 saturated heterocycles. The molecule has 0 bridgehead atoms. The van der Waals surface area contributed by atoms with E-state index in [-0.39, 0.29) is 5.91 Å². The first kappa shape index (κ1) is 11.8. The summed E-state index contributed by atoms with van der Waals surface area (Å²) in [7, 11) is 0. The van der Waals surface area contributed by atoms with E-state index >= 15 is 0 Å². The molecule has 1 amide bonds. The highest BCUT2D eigenvalue weighted by molar-refractivity contribution is 8.03. The Hall–Kier alpha value is -1.23. The molecule has 0 radical (unpaired) electrons. The van der Waals surface area contributed by atoms with Crippen LogP contribution in [0.5, 0.6) is 0 Å². The predicted octanol–water partition coefficient (Wildman–Crippen LogP) is 2.30. The van der Waals surface area contributed by atoms with Gasteiger partial charge in [0, 0.05) is 23.8 Å². The number of nitrogens with one attached hydrogen (secondary N) is 1. The lowest BCUT2D eigenvalue weighted by Gasteiger charge is -2.11. The lowest BCUT2D eigenvalue weighted by Crippen LogP contribution is -2.30. The molecule has 1 unspecified atom stereocenters. The van der Waals surface area contributed by atoms with Crippen molar-refractivity contribution >= 4 is 17.7 Å². The summed E-state index contributed by atoms with van der Waals surface area (Å²) in [6.07, 6.45) is 7.26. The van der Waals surface area contributed by atoms with Gasteiger partial charge in [-0.25, -0.2) is 0 Å². The molecule has 1 aromatic rings. The van der Waals surface area contributed by atoms with Crippen LogP contribution in [0.25, 0.3) is 0 Å². The van der Waals surface area contributed by atoms with Crippen molar-refractivity contribution in [1.82, 2.24) is 10.5 Å². The van der Waals surface area contributed by atoms with Crippen molar-refractivity contribution in [3.63, 3.8) is 0 Å². The van der Waals surface area contributed by atoms with Crippen LogP contribution in [0.2, 0.25) is 0 Å². The third-order valence-corrected chi connectivity index (χ3v) is 4.52. The maximum absolute atomic E-state index is 12.1. The summed E-state index contributed by atoms with van der Waals surface area (Å²) in [6.45, 7) is 0.693. The zero-order valence-electron chi connectivity index (χ0n) is 10.1. The Morgan fingerprint density at radius 2 is 2.39 bits per heavy atom. The van der Waals surface area contributed by atoms with Crippen LogP contribution >= 0.6 is 11.8 Å². The average molecular weight is 264 g/mol. The number of allylic oxidation sites excluding steroid dienone is 1. The fraction of sp³-hybridized carbons (Fsp3) is 0.538. The van der Waals surface area contributed by atoms with Crippen LogP contribution < -0.4 is 5.32 Å². The molecule has 1 aliphatic carbocycles. The first-order valence-corrected chi connectivity index (χ1v) is 7.35. The molecule has 0 aromatic carbocycles. The molecule has 1 aromatic heterocycles. The maximum atomic E-state index is 12.1. The molecule has 1 N–H and O–H groups in total. The van der Waals surface area contributed by atoms with Crippen molar-refractivity contribution < 1.29 is 9.32 Å². The number of aromatic nitrogens is 1. The van der Waals surface area contributed by atoms with E-state index in [2.05, 4.69) is 22.0 Å². The molecule has 2 aliphatic rings. The Kier molecular flexibility index (Phi) is 3.41. The van der Waals surface area contributed by atoms with Gasteiger partial charge in [-0.1, -0.05) is 11.2 Å².